The van der Waals surface area contributed by atoms with Crippen molar-refractivity contribution < 1.29 is 9.84 Å². The zero-order valence-electron chi connectivity index (χ0n) is 12.7. The Labute approximate surface area is 138 Å². The largest absolute Gasteiger partial charge is 0.359 e. The SMILES string of the molecule is Cl.OC1(OCC2CCNCC2)C=CC(c2ccccc2)C=C1. The van der Waals surface area contributed by atoms with Gasteiger partial charge in [0.25, 0.3) is 0 Å². The molecular weight excluding hydrogens is 298 g/mol. The van der Waals surface area contributed by atoms with Crippen LogP contribution in [0.25, 0.3) is 0 Å². The van der Waals surface area contributed by atoms with Gasteiger partial charge in [-0.2, -0.15) is 0 Å². The summed E-state index contributed by atoms with van der Waals surface area (Å²) in [6.45, 7) is 2.71. The summed E-state index contributed by atoms with van der Waals surface area (Å²) in [4.78, 5) is 0. The highest BCUT2D eigenvalue weighted by molar-refractivity contribution is 5.85. The van der Waals surface area contributed by atoms with E-state index in [0.29, 0.717) is 12.5 Å². The molecule has 0 aromatic heterocycles. The maximum absolute atomic E-state index is 10.5. The van der Waals surface area contributed by atoms with Gasteiger partial charge in [0.05, 0.1) is 6.61 Å². The smallest absolute Gasteiger partial charge is 0.205 e. The van der Waals surface area contributed by atoms with Crippen molar-refractivity contribution in [3.63, 3.8) is 0 Å². The first kappa shape index (κ1) is 17.2. The van der Waals surface area contributed by atoms with E-state index in [1.807, 2.05) is 30.4 Å². The Kier molecular flexibility index (Phi) is 6.21. The summed E-state index contributed by atoms with van der Waals surface area (Å²) in [7, 11) is 0. The average molecular weight is 322 g/mol. The summed E-state index contributed by atoms with van der Waals surface area (Å²) >= 11 is 0. The highest BCUT2D eigenvalue weighted by Crippen LogP contribution is 2.28. The van der Waals surface area contributed by atoms with Crippen LogP contribution in [0.3, 0.4) is 0 Å². The number of halogens is 1. The van der Waals surface area contributed by atoms with Crippen molar-refractivity contribution in [1.29, 1.82) is 0 Å². The molecule has 2 N–H and O–H groups in total. The number of allylic oxidation sites excluding steroid dienone is 2. The fraction of sp³-hybridized carbons (Fsp3) is 0.444. The third kappa shape index (κ3) is 4.43. The Hall–Kier alpha value is -1.13. The second-order valence-electron chi connectivity index (χ2n) is 5.91. The fourth-order valence-corrected chi connectivity index (χ4v) is 2.90. The monoisotopic (exact) mass is 321 g/mol. The van der Waals surface area contributed by atoms with Crippen molar-refractivity contribution in [2.75, 3.05) is 19.7 Å². The topological polar surface area (TPSA) is 41.5 Å². The molecule has 1 fully saturated rings. The number of benzene rings is 1. The van der Waals surface area contributed by atoms with Crippen LogP contribution in [-0.4, -0.2) is 30.6 Å². The van der Waals surface area contributed by atoms with E-state index < -0.39 is 5.79 Å². The summed E-state index contributed by atoms with van der Waals surface area (Å²) in [5, 5.41) is 13.8. The quantitative estimate of drug-likeness (QED) is 0.661. The van der Waals surface area contributed by atoms with Crippen LogP contribution in [0.4, 0.5) is 0 Å². The molecule has 1 aliphatic heterocycles. The highest BCUT2D eigenvalue weighted by Gasteiger charge is 2.26. The molecule has 2 aliphatic rings. The molecule has 0 saturated carbocycles. The molecule has 0 atom stereocenters. The predicted octanol–water partition coefficient (Wildman–Crippen LogP) is 3.02. The van der Waals surface area contributed by atoms with Crippen molar-refractivity contribution in [2.45, 2.75) is 24.5 Å². The van der Waals surface area contributed by atoms with E-state index in [1.54, 1.807) is 12.2 Å². The minimum absolute atomic E-state index is 0. The number of ether oxygens (including phenoxy) is 1. The Morgan fingerprint density at radius 3 is 2.36 bits per heavy atom. The standard InChI is InChI=1S/C18H23NO2.ClH/c20-18(21-14-15-8-12-19-13-9-15)10-6-17(7-11-18)16-4-2-1-3-5-16;/h1-7,10-11,15,17,19-20H,8-9,12-14H2;1H. The van der Waals surface area contributed by atoms with Crippen LogP contribution in [0.15, 0.2) is 54.6 Å². The van der Waals surface area contributed by atoms with Gasteiger partial charge in [-0.25, -0.2) is 0 Å². The summed E-state index contributed by atoms with van der Waals surface area (Å²) in [5.41, 5.74) is 1.23. The van der Waals surface area contributed by atoms with Crippen LogP contribution in [0.5, 0.6) is 0 Å². The normalized spacial score (nSPS) is 28.3. The van der Waals surface area contributed by atoms with Crippen molar-refractivity contribution in [3.05, 3.63) is 60.2 Å². The molecule has 3 rings (SSSR count). The molecule has 1 aromatic rings. The van der Waals surface area contributed by atoms with Crippen LogP contribution in [-0.2, 0) is 4.74 Å². The molecule has 0 amide bonds. The van der Waals surface area contributed by atoms with Gasteiger partial charge in [0.1, 0.15) is 0 Å². The number of hydrogen-bond acceptors (Lipinski definition) is 3. The average Bonchev–Trinajstić information content (AvgIpc) is 2.56. The number of piperidine rings is 1. The fourth-order valence-electron chi connectivity index (χ4n) is 2.90. The molecule has 120 valence electrons. The summed E-state index contributed by atoms with van der Waals surface area (Å²) in [6, 6.07) is 10.3. The van der Waals surface area contributed by atoms with E-state index in [-0.39, 0.29) is 18.3 Å². The van der Waals surface area contributed by atoms with E-state index in [2.05, 4.69) is 17.4 Å². The summed E-state index contributed by atoms with van der Waals surface area (Å²) in [5.74, 6) is -0.478. The second-order valence-corrected chi connectivity index (χ2v) is 5.91. The zero-order chi connectivity index (χ0) is 14.5. The van der Waals surface area contributed by atoms with Crippen LogP contribution >= 0.6 is 12.4 Å². The molecule has 0 bridgehead atoms. The Morgan fingerprint density at radius 2 is 1.73 bits per heavy atom. The van der Waals surface area contributed by atoms with Gasteiger partial charge in [-0.05, 0) is 49.6 Å². The van der Waals surface area contributed by atoms with Crippen molar-refractivity contribution in [1.82, 2.24) is 5.32 Å². The number of hydrogen-bond donors (Lipinski definition) is 2. The molecule has 0 radical (unpaired) electrons. The molecule has 0 spiro atoms. The Morgan fingerprint density at radius 1 is 1.09 bits per heavy atom. The maximum Gasteiger partial charge on any atom is 0.205 e. The van der Waals surface area contributed by atoms with Gasteiger partial charge >= 0.3 is 0 Å². The molecule has 22 heavy (non-hydrogen) atoms. The van der Waals surface area contributed by atoms with Crippen LogP contribution in [0, 0.1) is 5.92 Å². The number of aliphatic hydroxyl groups is 1. The molecule has 3 nitrogen and oxygen atoms in total. The minimum atomic E-state index is -1.24. The number of rotatable bonds is 4. The third-order valence-electron chi connectivity index (χ3n) is 4.28. The third-order valence-corrected chi connectivity index (χ3v) is 4.28. The lowest BCUT2D eigenvalue weighted by Crippen LogP contribution is -2.35. The van der Waals surface area contributed by atoms with Crippen LogP contribution in [0.2, 0.25) is 0 Å². The van der Waals surface area contributed by atoms with Gasteiger partial charge in [0.15, 0.2) is 0 Å². The lowest BCUT2D eigenvalue weighted by Gasteiger charge is -2.29. The van der Waals surface area contributed by atoms with Crippen molar-refractivity contribution >= 4 is 12.4 Å². The molecule has 1 aliphatic carbocycles. The van der Waals surface area contributed by atoms with Gasteiger partial charge in [-0.1, -0.05) is 42.5 Å². The van der Waals surface area contributed by atoms with Gasteiger partial charge in [-0.15, -0.1) is 12.4 Å². The Bertz CT molecular complexity index is 495. The molecule has 1 aromatic carbocycles. The van der Waals surface area contributed by atoms with Gasteiger partial charge in [0, 0.05) is 5.92 Å². The van der Waals surface area contributed by atoms with Crippen molar-refractivity contribution in [3.8, 4) is 0 Å². The second kappa shape index (κ2) is 7.93. The predicted molar refractivity (Wildman–Crippen MR) is 91.2 cm³/mol. The van der Waals surface area contributed by atoms with Crippen molar-refractivity contribution in [2.24, 2.45) is 5.92 Å². The first-order valence-electron chi connectivity index (χ1n) is 7.76. The summed E-state index contributed by atoms with van der Waals surface area (Å²) < 4.78 is 5.75. The van der Waals surface area contributed by atoms with E-state index >= 15 is 0 Å². The maximum atomic E-state index is 10.5. The van der Waals surface area contributed by atoms with Gasteiger partial charge in [0.2, 0.25) is 5.79 Å². The van der Waals surface area contributed by atoms with E-state index in [9.17, 15) is 5.11 Å². The van der Waals surface area contributed by atoms with Crippen LogP contribution < -0.4 is 5.32 Å². The molecule has 0 unspecified atom stereocenters. The minimum Gasteiger partial charge on any atom is -0.359 e. The lowest BCUT2D eigenvalue weighted by atomic mass is 9.93. The zero-order valence-corrected chi connectivity index (χ0v) is 13.5. The highest BCUT2D eigenvalue weighted by atomic mass is 35.5. The molecule has 4 heteroatoms. The number of nitrogens with one attached hydrogen (secondary N) is 1. The Balaban J connectivity index is 0.00000176. The van der Waals surface area contributed by atoms with E-state index in [0.717, 1.165) is 25.9 Å². The van der Waals surface area contributed by atoms with Gasteiger partial charge < -0.3 is 15.2 Å². The summed E-state index contributed by atoms with van der Waals surface area (Å²) in [6.07, 6.45) is 9.80. The molecule has 1 saturated heterocycles. The van der Waals surface area contributed by atoms with Gasteiger partial charge in [-0.3, -0.25) is 0 Å². The molecule has 1 heterocycles. The lowest BCUT2D eigenvalue weighted by molar-refractivity contribution is -0.142. The first-order valence-corrected chi connectivity index (χ1v) is 7.76. The van der Waals surface area contributed by atoms with E-state index in [4.69, 9.17) is 4.74 Å². The van der Waals surface area contributed by atoms with Crippen LogP contribution in [0.1, 0.15) is 24.3 Å². The first-order chi connectivity index (χ1) is 10.3. The van der Waals surface area contributed by atoms with E-state index in [1.165, 1.54) is 5.56 Å². The molecular formula is C18H24ClNO2.